The minimum absolute atomic E-state index is 0.0250. The average molecular weight is 1430 g/mol. The van der Waals surface area contributed by atoms with E-state index in [9.17, 15) is 82.4 Å². The molecule has 0 aromatic heterocycles. The number of aliphatic carboxylic acids is 2. The Kier molecular flexibility index (Phi) is 39.6. The Hall–Kier alpha value is -9.25. The third-order valence-electron chi connectivity index (χ3n) is 16.9. The number of carboxylic acid groups (broad SMARTS) is 2. The summed E-state index contributed by atoms with van der Waals surface area (Å²) in [4.78, 5) is 195. The number of likely N-dealkylation sites (tertiary alicyclic amines) is 1. The zero-order valence-electron chi connectivity index (χ0n) is 59.4. The Bertz CT molecular complexity index is 2970. The Morgan fingerprint density at radius 1 is 0.554 bits per heavy atom. The van der Waals surface area contributed by atoms with Crippen molar-refractivity contribution >= 4 is 88.8 Å². The van der Waals surface area contributed by atoms with Gasteiger partial charge in [-0.3, -0.25) is 67.3 Å². The normalized spacial score (nSPS) is 16.0. The number of aromatic hydroxyl groups is 1. The van der Waals surface area contributed by atoms with Gasteiger partial charge in [0, 0.05) is 32.4 Å². The van der Waals surface area contributed by atoms with E-state index < -0.39 is 186 Å². The number of benzene rings is 1. The lowest BCUT2D eigenvalue weighted by Gasteiger charge is -2.32. The van der Waals surface area contributed by atoms with Crippen LogP contribution in [0, 0.1) is 23.7 Å². The van der Waals surface area contributed by atoms with Crippen LogP contribution in [0.15, 0.2) is 29.3 Å². The van der Waals surface area contributed by atoms with Crippen molar-refractivity contribution in [1.82, 2.24) is 58.1 Å². The van der Waals surface area contributed by atoms with Crippen molar-refractivity contribution in [1.29, 1.82) is 0 Å². The van der Waals surface area contributed by atoms with Gasteiger partial charge >= 0.3 is 11.9 Å². The fourth-order valence-corrected chi connectivity index (χ4v) is 10.9. The molecule has 0 bridgehead atoms. The van der Waals surface area contributed by atoms with E-state index in [4.69, 9.17) is 34.4 Å². The number of guanidine groups is 1. The number of carbonyl (C=O) groups is 14. The molecule has 568 valence electrons. The maximum atomic E-state index is 14.5. The first-order chi connectivity index (χ1) is 47.5. The smallest absolute Gasteiger partial charge is 0.326 e. The zero-order chi connectivity index (χ0) is 76.2. The maximum absolute atomic E-state index is 14.5. The number of phenolic OH excluding ortho intramolecular Hbond substituents is 1. The molecule has 35 nitrogen and oxygen atoms in total. The number of hydrogen-bond donors (Lipinski definition) is 19. The van der Waals surface area contributed by atoms with Crippen LogP contribution in [-0.4, -0.2) is 208 Å². The molecule has 25 N–H and O–H groups in total. The lowest BCUT2D eigenvalue weighted by Crippen LogP contribution is -2.61. The van der Waals surface area contributed by atoms with Gasteiger partial charge in [0.05, 0.1) is 12.6 Å². The summed E-state index contributed by atoms with van der Waals surface area (Å²) in [5.41, 5.74) is 34.2. The van der Waals surface area contributed by atoms with Gasteiger partial charge < -0.3 is 108 Å². The Morgan fingerprint density at radius 2 is 1.04 bits per heavy atom. The second-order valence-electron chi connectivity index (χ2n) is 26.6. The number of amides is 12. The topological polar surface area (TPSA) is 592 Å². The standard InChI is InChI=1S/C66H112N18O17/c1-9-38(8)54(63(98)80-46(32-35(2)3)59(94)78-45(65(100)101)24-26-49(70)86)83-57(92)43(18-11-13-29-68)76-56(91)42(17-10-12-28-67)75-50(87)34-74-61(96)48-19-15-31-84(48)64(99)53(37(6)7)82-58(93)44(25-27-51(88)89)77-62(97)52(36(4)5)81-60(95)47(33-39-20-22-40(85)23-21-39)79-55(90)41(69)16-14-30-73-66(71)72/h20-23,35-38,41-48,52-54,85H,9-19,24-34,67-69H2,1-8H3,(H2,70,86)(H,74,96)(H,75,87)(H,76,91)(H,77,97)(H,78,94)(H,79,90)(H,80,98)(H,81,95)(H,82,93)(H,83,92)(H,88,89)(H,100,101)(H4,71,72,73)/t38-,41-,42-,43-,44-,45-,46-,47-,48+,52-,53-,54-/m0/s1. The largest absolute Gasteiger partial charge is 0.508 e. The average Bonchev–Trinajstić information content (AvgIpc) is 1.88. The van der Waals surface area contributed by atoms with Crippen molar-refractivity contribution in [2.75, 3.05) is 32.7 Å². The first-order valence-corrected chi connectivity index (χ1v) is 34.6. The molecule has 1 aromatic rings. The van der Waals surface area contributed by atoms with Gasteiger partial charge in [-0.2, -0.15) is 0 Å². The van der Waals surface area contributed by atoms with E-state index >= 15 is 0 Å². The number of rotatable bonds is 48. The summed E-state index contributed by atoms with van der Waals surface area (Å²) in [5.74, 6) is -14.8. The molecule has 0 spiro atoms. The highest BCUT2D eigenvalue weighted by Crippen LogP contribution is 2.22. The van der Waals surface area contributed by atoms with Gasteiger partial charge in [0.2, 0.25) is 70.9 Å². The highest BCUT2D eigenvalue weighted by molar-refractivity contribution is 5.99. The molecule has 1 heterocycles. The van der Waals surface area contributed by atoms with Gasteiger partial charge in [0.15, 0.2) is 5.96 Å². The van der Waals surface area contributed by atoms with Gasteiger partial charge in [-0.15, -0.1) is 0 Å². The molecule has 0 aliphatic carbocycles. The summed E-state index contributed by atoms with van der Waals surface area (Å²) < 4.78 is 0. The van der Waals surface area contributed by atoms with E-state index in [1.165, 1.54) is 29.2 Å². The summed E-state index contributed by atoms with van der Waals surface area (Å²) in [6, 6.07) is -8.80. The molecule has 1 saturated heterocycles. The van der Waals surface area contributed by atoms with E-state index in [-0.39, 0.29) is 95.2 Å². The van der Waals surface area contributed by atoms with Crippen LogP contribution in [0.2, 0.25) is 0 Å². The van der Waals surface area contributed by atoms with Crippen molar-refractivity contribution in [3.05, 3.63) is 29.8 Å². The molecule has 1 aromatic carbocycles. The van der Waals surface area contributed by atoms with Crippen LogP contribution in [0.4, 0.5) is 0 Å². The fraction of sp³-hybridized carbons (Fsp3) is 0.682. The minimum Gasteiger partial charge on any atom is -0.508 e. The second-order valence-corrected chi connectivity index (χ2v) is 26.6. The van der Waals surface area contributed by atoms with E-state index in [1.54, 1.807) is 55.4 Å². The van der Waals surface area contributed by atoms with Crippen LogP contribution in [-0.2, 0) is 73.5 Å². The van der Waals surface area contributed by atoms with E-state index in [0.29, 0.717) is 50.5 Å². The summed E-state index contributed by atoms with van der Waals surface area (Å²) in [7, 11) is 0. The van der Waals surface area contributed by atoms with Crippen molar-refractivity contribution in [3.63, 3.8) is 0 Å². The third kappa shape index (κ3) is 32.3. The third-order valence-corrected chi connectivity index (χ3v) is 16.9. The molecular formula is C66H112N18O17. The van der Waals surface area contributed by atoms with Gasteiger partial charge in [-0.05, 0) is 138 Å². The molecule has 12 atom stereocenters. The van der Waals surface area contributed by atoms with Gasteiger partial charge in [-0.1, -0.05) is 73.9 Å². The maximum Gasteiger partial charge on any atom is 0.326 e. The van der Waals surface area contributed by atoms with Crippen LogP contribution in [0.1, 0.15) is 164 Å². The van der Waals surface area contributed by atoms with Crippen LogP contribution in [0.3, 0.4) is 0 Å². The van der Waals surface area contributed by atoms with Crippen molar-refractivity contribution in [2.24, 2.45) is 63.1 Å². The van der Waals surface area contributed by atoms with Gasteiger partial charge in [0.1, 0.15) is 66.2 Å². The summed E-state index contributed by atoms with van der Waals surface area (Å²) in [6.45, 7) is 13.4. The van der Waals surface area contributed by atoms with Crippen LogP contribution in [0.25, 0.3) is 0 Å². The lowest BCUT2D eigenvalue weighted by atomic mass is 9.96. The predicted molar refractivity (Wildman–Crippen MR) is 372 cm³/mol. The number of nitrogens with one attached hydrogen (secondary N) is 10. The van der Waals surface area contributed by atoms with Crippen LogP contribution < -0.4 is 87.6 Å². The number of aliphatic imine (C=N–C) groups is 1. The summed E-state index contributed by atoms with van der Waals surface area (Å²) in [6.07, 6.45) is 1.02. The monoisotopic (exact) mass is 1430 g/mol. The molecular weight excluding hydrogens is 1320 g/mol. The number of phenols is 1. The number of hydrogen-bond acceptors (Lipinski definition) is 19. The van der Waals surface area contributed by atoms with Crippen molar-refractivity contribution < 1.29 is 82.4 Å². The Balaban J connectivity index is 2.34. The highest BCUT2D eigenvalue weighted by atomic mass is 16.4. The number of unbranched alkanes of at least 4 members (excludes halogenated alkanes) is 2. The zero-order valence-corrected chi connectivity index (χ0v) is 59.4. The molecule has 1 fully saturated rings. The molecule has 1 aliphatic heterocycles. The fourth-order valence-electron chi connectivity index (χ4n) is 10.9. The first-order valence-electron chi connectivity index (χ1n) is 34.6. The van der Waals surface area contributed by atoms with Crippen LogP contribution >= 0.6 is 0 Å². The summed E-state index contributed by atoms with van der Waals surface area (Å²) >= 11 is 0. The lowest BCUT2D eigenvalue weighted by molar-refractivity contribution is -0.143. The molecule has 101 heavy (non-hydrogen) atoms. The molecule has 1 aliphatic rings. The quantitative estimate of drug-likeness (QED) is 0.0172. The molecule has 35 heteroatoms. The molecule has 0 unspecified atom stereocenters. The Morgan fingerprint density at radius 3 is 1.57 bits per heavy atom. The van der Waals surface area contributed by atoms with Gasteiger partial charge in [-0.25, -0.2) is 4.79 Å². The number of primary amides is 1. The predicted octanol–water partition coefficient (Wildman–Crippen LogP) is -3.34. The van der Waals surface area contributed by atoms with Crippen molar-refractivity contribution in [3.8, 4) is 5.75 Å². The van der Waals surface area contributed by atoms with Crippen molar-refractivity contribution in [2.45, 2.75) is 231 Å². The minimum atomic E-state index is -1.60. The molecule has 0 saturated carbocycles. The first kappa shape index (κ1) is 87.8. The number of carbonyl (C=O) groups excluding carboxylic acids is 12. The Labute approximate surface area is 589 Å². The SMILES string of the molecule is CC[C@H](C)[C@H](NC(=O)[C@H](CCCCN)NC(=O)[C@H](CCCCN)NC(=O)CNC(=O)[C@H]1CCCN1C(=O)[C@@H](NC(=O)[C@H](CCC(=O)O)NC(=O)[C@@H](NC(=O)[C@H](Cc1ccc(O)cc1)NC(=O)[C@@H](N)CCCN=C(N)N)C(C)C)C(C)C)C(=O)N[C@@H](CC(C)C)C(=O)N[C@@H](CCC(N)=O)C(=O)O. The number of nitrogens with two attached hydrogens (primary N) is 6. The van der Waals surface area contributed by atoms with Crippen LogP contribution in [0.5, 0.6) is 5.75 Å². The van der Waals surface area contributed by atoms with Gasteiger partial charge in [0.25, 0.3) is 0 Å². The highest BCUT2D eigenvalue weighted by Gasteiger charge is 2.41. The number of nitrogens with zero attached hydrogens (tertiary/aromatic N) is 2. The molecule has 2 rings (SSSR count). The van der Waals surface area contributed by atoms with E-state index in [1.807, 2.05) is 0 Å². The van der Waals surface area contributed by atoms with E-state index in [0.717, 1.165) is 0 Å². The molecule has 12 amide bonds. The second kappa shape index (κ2) is 45.5. The number of carboxylic acids is 2. The molecule has 0 radical (unpaired) electrons. The summed E-state index contributed by atoms with van der Waals surface area (Å²) in [5, 5.41) is 55.4. The van der Waals surface area contributed by atoms with E-state index in [2.05, 4.69) is 58.2 Å².